The second kappa shape index (κ2) is 5.09. The number of imidazole rings is 1. The molecule has 20 heavy (non-hydrogen) atoms. The molecular weight excluding hydrogens is 253 g/mol. The second-order valence-corrected chi connectivity index (χ2v) is 5.24. The molecule has 0 radical (unpaired) electrons. The van der Waals surface area contributed by atoms with E-state index in [0.29, 0.717) is 12.1 Å². The smallest absolute Gasteiger partial charge is 0.145 e. The van der Waals surface area contributed by atoms with E-state index >= 15 is 0 Å². The first-order valence-corrected chi connectivity index (χ1v) is 6.93. The second-order valence-electron chi connectivity index (χ2n) is 5.24. The molecule has 0 saturated carbocycles. The molecule has 0 saturated heterocycles. The molecule has 0 aliphatic heterocycles. The molecule has 0 bridgehead atoms. The van der Waals surface area contributed by atoms with Gasteiger partial charge in [0.05, 0.1) is 17.8 Å². The van der Waals surface area contributed by atoms with Gasteiger partial charge < -0.3 is 4.57 Å². The number of benzene rings is 1. The molecule has 0 atom stereocenters. The van der Waals surface area contributed by atoms with E-state index in [-0.39, 0.29) is 5.56 Å². The van der Waals surface area contributed by atoms with Crippen molar-refractivity contribution in [2.75, 3.05) is 0 Å². The van der Waals surface area contributed by atoms with Crippen LogP contribution in [0.5, 0.6) is 0 Å². The SMILES string of the molecule is Cc1nc2c(n1Cc1cccc(C#N)c1F)CCCC2. The Hall–Kier alpha value is -2.15. The number of halogens is 1. The first-order valence-electron chi connectivity index (χ1n) is 6.93. The summed E-state index contributed by atoms with van der Waals surface area (Å²) in [6.45, 7) is 2.42. The molecule has 0 unspecified atom stereocenters. The Kier molecular flexibility index (Phi) is 3.27. The van der Waals surface area contributed by atoms with Crippen molar-refractivity contribution in [3.05, 3.63) is 52.4 Å². The highest BCUT2D eigenvalue weighted by molar-refractivity contribution is 5.35. The van der Waals surface area contributed by atoms with Crippen LogP contribution in [0.1, 0.15) is 41.2 Å². The first kappa shape index (κ1) is 12.9. The fourth-order valence-electron chi connectivity index (χ4n) is 2.90. The minimum absolute atomic E-state index is 0.106. The van der Waals surface area contributed by atoms with Crippen LogP contribution in [0.15, 0.2) is 18.2 Å². The number of hydrogen-bond acceptors (Lipinski definition) is 2. The summed E-state index contributed by atoms with van der Waals surface area (Å²) in [5, 5.41) is 8.91. The Bertz CT molecular complexity index is 694. The summed E-state index contributed by atoms with van der Waals surface area (Å²) in [5.41, 5.74) is 3.05. The Balaban J connectivity index is 2.00. The molecule has 0 spiro atoms. The molecule has 3 nitrogen and oxygen atoms in total. The van der Waals surface area contributed by atoms with Crippen LogP contribution in [0.2, 0.25) is 0 Å². The van der Waals surface area contributed by atoms with Crippen molar-refractivity contribution in [2.24, 2.45) is 0 Å². The lowest BCUT2D eigenvalue weighted by Gasteiger charge is -2.15. The van der Waals surface area contributed by atoms with Crippen molar-refractivity contribution in [2.45, 2.75) is 39.2 Å². The highest BCUT2D eigenvalue weighted by Gasteiger charge is 2.19. The fraction of sp³-hybridized carbons (Fsp3) is 0.375. The van der Waals surface area contributed by atoms with E-state index in [9.17, 15) is 4.39 Å². The molecule has 1 aromatic heterocycles. The monoisotopic (exact) mass is 269 g/mol. The Labute approximate surface area is 117 Å². The van der Waals surface area contributed by atoms with Crippen LogP contribution in [0.25, 0.3) is 0 Å². The molecule has 2 aromatic rings. The van der Waals surface area contributed by atoms with Crippen LogP contribution in [-0.4, -0.2) is 9.55 Å². The standard InChI is InChI=1S/C16H16FN3/c1-11-19-14-7-2-3-8-15(14)20(11)10-13-6-4-5-12(9-18)16(13)17/h4-6H,2-3,7-8,10H2,1H3. The summed E-state index contributed by atoms with van der Waals surface area (Å²) >= 11 is 0. The van der Waals surface area contributed by atoms with E-state index in [4.69, 9.17) is 5.26 Å². The average molecular weight is 269 g/mol. The molecule has 4 heteroatoms. The van der Waals surface area contributed by atoms with Crippen molar-refractivity contribution in [3.63, 3.8) is 0 Å². The summed E-state index contributed by atoms with van der Waals surface area (Å²) in [6, 6.07) is 6.87. The highest BCUT2D eigenvalue weighted by Crippen LogP contribution is 2.24. The number of nitriles is 1. The van der Waals surface area contributed by atoms with Crippen LogP contribution in [-0.2, 0) is 19.4 Å². The van der Waals surface area contributed by atoms with Crippen molar-refractivity contribution in [1.29, 1.82) is 5.26 Å². The van der Waals surface area contributed by atoms with Crippen molar-refractivity contribution in [1.82, 2.24) is 9.55 Å². The highest BCUT2D eigenvalue weighted by atomic mass is 19.1. The van der Waals surface area contributed by atoms with Gasteiger partial charge in [-0.25, -0.2) is 9.37 Å². The van der Waals surface area contributed by atoms with Gasteiger partial charge in [-0.1, -0.05) is 12.1 Å². The zero-order valence-corrected chi connectivity index (χ0v) is 11.5. The van der Waals surface area contributed by atoms with Gasteiger partial charge >= 0.3 is 0 Å². The topological polar surface area (TPSA) is 41.6 Å². The zero-order valence-electron chi connectivity index (χ0n) is 11.5. The van der Waals surface area contributed by atoms with Crippen LogP contribution in [0.4, 0.5) is 4.39 Å². The zero-order chi connectivity index (χ0) is 14.1. The van der Waals surface area contributed by atoms with E-state index < -0.39 is 5.82 Å². The van der Waals surface area contributed by atoms with Gasteiger partial charge in [0.15, 0.2) is 0 Å². The lowest BCUT2D eigenvalue weighted by atomic mass is 10.0. The van der Waals surface area contributed by atoms with Gasteiger partial charge in [0.25, 0.3) is 0 Å². The van der Waals surface area contributed by atoms with E-state index in [1.54, 1.807) is 12.1 Å². The van der Waals surface area contributed by atoms with E-state index in [1.807, 2.05) is 13.0 Å². The Morgan fingerprint density at radius 1 is 1.35 bits per heavy atom. The van der Waals surface area contributed by atoms with E-state index in [1.165, 1.54) is 24.6 Å². The van der Waals surface area contributed by atoms with Gasteiger partial charge in [0.1, 0.15) is 17.7 Å². The maximum atomic E-state index is 14.2. The minimum atomic E-state index is -0.410. The third-order valence-corrected chi connectivity index (χ3v) is 3.95. The van der Waals surface area contributed by atoms with E-state index in [2.05, 4.69) is 9.55 Å². The van der Waals surface area contributed by atoms with Gasteiger partial charge in [0, 0.05) is 11.3 Å². The van der Waals surface area contributed by atoms with Crippen molar-refractivity contribution in [3.8, 4) is 6.07 Å². The minimum Gasteiger partial charge on any atom is -0.327 e. The summed E-state index contributed by atoms with van der Waals surface area (Å²) in [4.78, 5) is 4.60. The molecule has 1 heterocycles. The maximum absolute atomic E-state index is 14.2. The van der Waals surface area contributed by atoms with E-state index in [0.717, 1.165) is 24.4 Å². The quantitative estimate of drug-likeness (QED) is 0.840. The molecule has 1 aromatic carbocycles. The molecule has 3 rings (SSSR count). The molecule has 0 fully saturated rings. The van der Waals surface area contributed by atoms with Gasteiger partial charge in [0.2, 0.25) is 0 Å². The lowest BCUT2D eigenvalue weighted by Crippen LogP contribution is -2.11. The van der Waals surface area contributed by atoms with Crippen molar-refractivity contribution >= 4 is 0 Å². The van der Waals surface area contributed by atoms with Crippen molar-refractivity contribution < 1.29 is 4.39 Å². The number of nitrogens with zero attached hydrogens (tertiary/aromatic N) is 3. The van der Waals surface area contributed by atoms with Crippen LogP contribution in [0.3, 0.4) is 0 Å². The number of aromatic nitrogens is 2. The van der Waals surface area contributed by atoms with Gasteiger partial charge in [-0.15, -0.1) is 0 Å². The van der Waals surface area contributed by atoms with Gasteiger partial charge in [-0.05, 0) is 38.7 Å². The summed E-state index contributed by atoms with van der Waals surface area (Å²) in [5.74, 6) is 0.520. The number of rotatable bonds is 2. The first-order chi connectivity index (χ1) is 9.70. The molecular formula is C16H16FN3. The maximum Gasteiger partial charge on any atom is 0.145 e. The molecule has 102 valence electrons. The van der Waals surface area contributed by atoms with Gasteiger partial charge in [-0.2, -0.15) is 5.26 Å². The van der Waals surface area contributed by atoms with Crippen LogP contribution < -0.4 is 0 Å². The van der Waals surface area contributed by atoms with Gasteiger partial charge in [-0.3, -0.25) is 0 Å². The average Bonchev–Trinajstić information content (AvgIpc) is 2.77. The lowest BCUT2D eigenvalue weighted by molar-refractivity contribution is 0.579. The third-order valence-electron chi connectivity index (χ3n) is 3.95. The summed E-state index contributed by atoms with van der Waals surface area (Å²) in [6.07, 6.45) is 4.38. The third kappa shape index (κ3) is 2.09. The molecule has 0 amide bonds. The Morgan fingerprint density at radius 2 is 2.15 bits per heavy atom. The Morgan fingerprint density at radius 3 is 2.95 bits per heavy atom. The molecule has 1 aliphatic carbocycles. The summed E-state index contributed by atoms with van der Waals surface area (Å²) < 4.78 is 16.3. The molecule has 0 N–H and O–H groups in total. The van der Waals surface area contributed by atoms with Crippen LogP contribution >= 0.6 is 0 Å². The number of fused-ring (bicyclic) bond motifs is 1. The molecule has 1 aliphatic rings. The number of hydrogen-bond donors (Lipinski definition) is 0. The summed E-state index contributed by atoms with van der Waals surface area (Å²) in [7, 11) is 0. The number of aryl methyl sites for hydroxylation is 2. The predicted molar refractivity (Wildman–Crippen MR) is 73.8 cm³/mol. The predicted octanol–water partition coefficient (Wildman–Crippen LogP) is 3.13. The normalized spacial score (nSPS) is 13.8. The largest absolute Gasteiger partial charge is 0.327 e. The van der Waals surface area contributed by atoms with Crippen LogP contribution in [0, 0.1) is 24.1 Å². The fourth-order valence-corrected chi connectivity index (χ4v) is 2.90.